The average molecular weight is 476 g/mol. The monoisotopic (exact) mass is 474 g/mol. The molecule has 1 aliphatic carbocycles. The van der Waals surface area contributed by atoms with Crippen LogP contribution in [0.5, 0.6) is 0 Å². The summed E-state index contributed by atoms with van der Waals surface area (Å²) < 4.78 is 2.24. The molecule has 0 bridgehead atoms. The smallest absolute Gasteiger partial charge is 0.0352 e. The highest BCUT2D eigenvalue weighted by Gasteiger charge is 2.30. The first kappa shape index (κ1) is 17.0. The van der Waals surface area contributed by atoms with E-state index in [2.05, 4.69) is 123 Å². The molecule has 27 heavy (non-hydrogen) atoms. The lowest BCUT2D eigenvalue weighted by Crippen LogP contribution is -1.99. The Morgan fingerprint density at radius 3 is 1.59 bits per heavy atom. The predicted octanol–water partition coefficient (Wildman–Crippen LogP) is 8.04. The van der Waals surface area contributed by atoms with Crippen LogP contribution < -0.4 is 0 Å². The third-order valence-electron chi connectivity index (χ3n) is 5.29. The van der Waals surface area contributed by atoms with Gasteiger partial charge in [-0.2, -0.15) is 0 Å². The molecule has 0 amide bonds. The van der Waals surface area contributed by atoms with Gasteiger partial charge in [0.25, 0.3) is 0 Å². The fraction of sp³-hybridized carbons (Fsp3) is 0.0400. The van der Waals surface area contributed by atoms with E-state index in [0.29, 0.717) is 0 Å². The van der Waals surface area contributed by atoms with Crippen molar-refractivity contribution in [1.29, 1.82) is 0 Å². The van der Waals surface area contributed by atoms with E-state index in [9.17, 15) is 0 Å². The van der Waals surface area contributed by atoms with E-state index < -0.39 is 0 Å². The van der Waals surface area contributed by atoms with Crippen molar-refractivity contribution in [3.8, 4) is 22.3 Å². The van der Waals surface area contributed by atoms with Crippen LogP contribution in [0.15, 0.2) is 99.9 Å². The second-order valence-corrected chi connectivity index (χ2v) is 8.72. The van der Waals surface area contributed by atoms with Crippen molar-refractivity contribution in [2.75, 3.05) is 0 Å². The number of fused-ring (bicyclic) bond motifs is 3. The fourth-order valence-corrected chi connectivity index (χ4v) is 4.77. The maximum atomic E-state index is 3.64. The predicted molar refractivity (Wildman–Crippen MR) is 120 cm³/mol. The standard InChI is InChI=1S/C25H16Br2/c26-19-10-12-21-23(14-19)24-15-20(27)11-13-22(24)25(21)18-8-6-17(7-9-18)16-4-2-1-3-5-16/h1-15,25H. The van der Waals surface area contributed by atoms with E-state index in [1.54, 1.807) is 0 Å². The van der Waals surface area contributed by atoms with Crippen molar-refractivity contribution in [3.05, 3.63) is 117 Å². The molecular weight excluding hydrogens is 460 g/mol. The van der Waals surface area contributed by atoms with Gasteiger partial charge in [0.15, 0.2) is 0 Å². The zero-order valence-corrected chi connectivity index (χ0v) is 17.7. The molecule has 1 aliphatic rings. The SMILES string of the molecule is Brc1ccc2c(c1)-c1cc(Br)ccc1C2c1ccc(-c2ccccc2)cc1. The summed E-state index contributed by atoms with van der Waals surface area (Å²) in [5.74, 6) is 0.279. The van der Waals surface area contributed by atoms with Gasteiger partial charge in [0.2, 0.25) is 0 Å². The fourth-order valence-electron chi connectivity index (χ4n) is 4.05. The van der Waals surface area contributed by atoms with Crippen LogP contribution in [-0.4, -0.2) is 0 Å². The van der Waals surface area contributed by atoms with Crippen LogP contribution >= 0.6 is 31.9 Å². The summed E-state index contributed by atoms with van der Waals surface area (Å²) in [6.45, 7) is 0. The summed E-state index contributed by atoms with van der Waals surface area (Å²) in [5.41, 5.74) is 9.22. The Morgan fingerprint density at radius 1 is 0.519 bits per heavy atom. The van der Waals surface area contributed by atoms with Crippen LogP contribution in [0.3, 0.4) is 0 Å². The van der Waals surface area contributed by atoms with Gasteiger partial charge in [-0.15, -0.1) is 0 Å². The Balaban J connectivity index is 1.63. The van der Waals surface area contributed by atoms with Gasteiger partial charge in [-0.1, -0.05) is 98.6 Å². The second kappa shape index (κ2) is 6.78. The van der Waals surface area contributed by atoms with Crippen LogP contribution in [0.4, 0.5) is 0 Å². The molecule has 0 fully saturated rings. The largest absolute Gasteiger partial charge is 0.0622 e. The van der Waals surface area contributed by atoms with Crippen LogP contribution in [0, 0.1) is 0 Å². The third kappa shape index (κ3) is 2.97. The lowest BCUT2D eigenvalue weighted by molar-refractivity contribution is 1.01. The molecule has 0 N–H and O–H groups in total. The first-order valence-corrected chi connectivity index (χ1v) is 10.5. The summed E-state index contributed by atoms with van der Waals surface area (Å²) in [4.78, 5) is 0. The quantitative estimate of drug-likeness (QED) is 0.242. The molecule has 0 radical (unpaired) electrons. The first-order valence-electron chi connectivity index (χ1n) is 8.95. The van der Waals surface area contributed by atoms with Crippen LogP contribution in [0.1, 0.15) is 22.6 Å². The molecule has 4 aromatic carbocycles. The minimum atomic E-state index is 0.279. The number of hydrogen-bond donors (Lipinski definition) is 0. The maximum Gasteiger partial charge on any atom is 0.0352 e. The van der Waals surface area contributed by atoms with E-state index in [1.807, 2.05) is 0 Å². The van der Waals surface area contributed by atoms with E-state index in [1.165, 1.54) is 38.9 Å². The Morgan fingerprint density at radius 2 is 1.04 bits per heavy atom. The molecule has 0 unspecified atom stereocenters. The summed E-state index contributed by atoms with van der Waals surface area (Å²) in [6, 6.07) is 32.8. The van der Waals surface area contributed by atoms with Crippen LogP contribution in [-0.2, 0) is 0 Å². The van der Waals surface area contributed by atoms with Gasteiger partial charge in [-0.3, -0.25) is 0 Å². The third-order valence-corrected chi connectivity index (χ3v) is 6.28. The lowest BCUT2D eigenvalue weighted by Gasteiger charge is -2.15. The molecule has 2 heteroatoms. The van der Waals surface area contributed by atoms with Crippen molar-refractivity contribution >= 4 is 31.9 Å². The van der Waals surface area contributed by atoms with Gasteiger partial charge in [-0.05, 0) is 63.2 Å². The number of halogens is 2. The highest BCUT2D eigenvalue weighted by molar-refractivity contribution is 9.10. The summed E-state index contributed by atoms with van der Waals surface area (Å²) >= 11 is 7.27. The van der Waals surface area contributed by atoms with Crippen molar-refractivity contribution in [3.63, 3.8) is 0 Å². The van der Waals surface area contributed by atoms with Gasteiger partial charge in [0.1, 0.15) is 0 Å². The zero-order valence-electron chi connectivity index (χ0n) is 14.5. The lowest BCUT2D eigenvalue weighted by atomic mass is 9.88. The Kier molecular flexibility index (Phi) is 4.26. The Bertz CT molecular complexity index is 1080. The number of rotatable bonds is 2. The molecule has 0 aromatic heterocycles. The maximum absolute atomic E-state index is 3.64. The molecule has 0 spiro atoms. The van der Waals surface area contributed by atoms with Crippen molar-refractivity contribution < 1.29 is 0 Å². The van der Waals surface area contributed by atoms with E-state index in [-0.39, 0.29) is 5.92 Å². The van der Waals surface area contributed by atoms with Gasteiger partial charge < -0.3 is 0 Å². The minimum Gasteiger partial charge on any atom is -0.0622 e. The van der Waals surface area contributed by atoms with Crippen molar-refractivity contribution in [1.82, 2.24) is 0 Å². The molecule has 130 valence electrons. The van der Waals surface area contributed by atoms with E-state index in [0.717, 1.165) is 8.95 Å². The molecular formula is C25H16Br2. The van der Waals surface area contributed by atoms with Gasteiger partial charge in [-0.25, -0.2) is 0 Å². The molecule has 4 aromatic rings. The molecule has 0 heterocycles. The van der Waals surface area contributed by atoms with Gasteiger partial charge >= 0.3 is 0 Å². The zero-order chi connectivity index (χ0) is 18.4. The van der Waals surface area contributed by atoms with E-state index >= 15 is 0 Å². The summed E-state index contributed by atoms with van der Waals surface area (Å²) in [5, 5.41) is 0. The molecule has 0 nitrogen and oxygen atoms in total. The highest BCUT2D eigenvalue weighted by atomic mass is 79.9. The van der Waals surface area contributed by atoms with Gasteiger partial charge in [0, 0.05) is 14.9 Å². The van der Waals surface area contributed by atoms with Crippen molar-refractivity contribution in [2.45, 2.75) is 5.92 Å². The van der Waals surface area contributed by atoms with E-state index in [4.69, 9.17) is 0 Å². The number of benzene rings is 4. The second-order valence-electron chi connectivity index (χ2n) is 6.88. The molecule has 0 atom stereocenters. The minimum absolute atomic E-state index is 0.279. The normalized spacial score (nSPS) is 12.7. The number of hydrogen-bond acceptors (Lipinski definition) is 0. The summed E-state index contributed by atoms with van der Waals surface area (Å²) in [6.07, 6.45) is 0. The average Bonchev–Trinajstić information content (AvgIpc) is 3.02. The van der Waals surface area contributed by atoms with Crippen LogP contribution in [0.2, 0.25) is 0 Å². The topological polar surface area (TPSA) is 0 Å². The molecule has 5 rings (SSSR count). The molecule has 0 saturated heterocycles. The molecule has 0 saturated carbocycles. The van der Waals surface area contributed by atoms with Crippen LogP contribution in [0.25, 0.3) is 22.3 Å². The van der Waals surface area contributed by atoms with Crippen molar-refractivity contribution in [2.24, 2.45) is 0 Å². The first-order chi connectivity index (χ1) is 13.2. The van der Waals surface area contributed by atoms with Gasteiger partial charge in [0.05, 0.1) is 0 Å². The Hall–Kier alpha value is -2.16. The highest BCUT2D eigenvalue weighted by Crippen LogP contribution is 2.49. The molecule has 0 aliphatic heterocycles. The Labute approximate surface area is 176 Å². The summed E-state index contributed by atoms with van der Waals surface area (Å²) in [7, 11) is 0.